The van der Waals surface area contributed by atoms with Gasteiger partial charge in [0.15, 0.2) is 0 Å². The molecule has 0 spiro atoms. The Kier molecular flexibility index (Phi) is 7.80. The molecule has 1 atom stereocenters. The van der Waals surface area contributed by atoms with Gasteiger partial charge in [-0.2, -0.15) is 0 Å². The van der Waals surface area contributed by atoms with E-state index in [9.17, 15) is 8.42 Å². The zero-order valence-corrected chi connectivity index (χ0v) is 13.2. The van der Waals surface area contributed by atoms with Crippen molar-refractivity contribution in [1.29, 1.82) is 0 Å². The lowest BCUT2D eigenvalue weighted by Crippen LogP contribution is -2.30. The minimum atomic E-state index is -3.15. The van der Waals surface area contributed by atoms with Gasteiger partial charge in [0.05, 0.1) is 5.75 Å². The van der Waals surface area contributed by atoms with Gasteiger partial charge >= 0.3 is 0 Å². The molecule has 1 rings (SSSR count). The van der Waals surface area contributed by atoms with Crippen LogP contribution in [0.5, 0.6) is 0 Å². The third kappa shape index (κ3) is 7.03. The summed E-state index contributed by atoms with van der Waals surface area (Å²) in [5, 5.41) is 3.19. The summed E-state index contributed by atoms with van der Waals surface area (Å²) in [4.78, 5) is 0. The van der Waals surface area contributed by atoms with Crippen LogP contribution in [0.15, 0.2) is 30.3 Å². The van der Waals surface area contributed by atoms with Crippen LogP contribution in [0, 0.1) is 0 Å². The molecule has 114 valence electrons. The van der Waals surface area contributed by atoms with Crippen LogP contribution in [-0.4, -0.2) is 33.8 Å². The van der Waals surface area contributed by atoms with Gasteiger partial charge in [0.25, 0.3) is 0 Å². The predicted octanol–water partition coefficient (Wildman–Crippen LogP) is 2.10. The van der Waals surface area contributed by atoms with Gasteiger partial charge in [-0.3, -0.25) is 0 Å². The van der Waals surface area contributed by atoms with Gasteiger partial charge < -0.3 is 5.32 Å². The molecule has 1 aromatic carbocycles. The fourth-order valence-electron chi connectivity index (χ4n) is 1.94. The smallest absolute Gasteiger partial charge is 0.211 e. The van der Waals surface area contributed by atoms with Crippen molar-refractivity contribution >= 4 is 10.0 Å². The zero-order valence-electron chi connectivity index (χ0n) is 12.4. The van der Waals surface area contributed by atoms with E-state index in [-0.39, 0.29) is 11.7 Å². The fraction of sp³-hybridized carbons (Fsp3) is 0.600. The number of hydrogen-bond acceptors (Lipinski definition) is 3. The van der Waals surface area contributed by atoms with Gasteiger partial charge in [0.1, 0.15) is 0 Å². The van der Waals surface area contributed by atoms with Crippen molar-refractivity contribution in [2.45, 2.75) is 32.6 Å². The largest absolute Gasteiger partial charge is 0.317 e. The highest BCUT2D eigenvalue weighted by Crippen LogP contribution is 2.13. The Morgan fingerprint density at radius 3 is 2.50 bits per heavy atom. The quantitative estimate of drug-likeness (QED) is 0.650. The van der Waals surface area contributed by atoms with Crippen LogP contribution in [0.3, 0.4) is 0 Å². The molecule has 1 aromatic rings. The Labute approximate surface area is 123 Å². The van der Waals surface area contributed by atoms with E-state index in [1.807, 2.05) is 44.2 Å². The standard InChI is InChI=1S/C15H26N2O2S/c1-3-16-11-7-8-12-20(18,19)17-13-14(2)15-9-5-4-6-10-15/h4-6,9-10,14,16-17H,3,7-8,11-13H2,1-2H3. The Hall–Kier alpha value is -0.910. The van der Waals surface area contributed by atoms with Gasteiger partial charge in [0, 0.05) is 6.54 Å². The van der Waals surface area contributed by atoms with E-state index in [0.29, 0.717) is 13.0 Å². The first kappa shape index (κ1) is 17.1. The summed E-state index contributed by atoms with van der Waals surface area (Å²) >= 11 is 0. The lowest BCUT2D eigenvalue weighted by atomic mass is 10.0. The Morgan fingerprint density at radius 2 is 1.85 bits per heavy atom. The maximum atomic E-state index is 11.9. The lowest BCUT2D eigenvalue weighted by molar-refractivity contribution is 0.568. The van der Waals surface area contributed by atoms with E-state index in [1.165, 1.54) is 0 Å². The molecule has 0 amide bonds. The topological polar surface area (TPSA) is 58.2 Å². The summed E-state index contributed by atoms with van der Waals surface area (Å²) < 4.78 is 26.4. The van der Waals surface area contributed by atoms with Crippen LogP contribution in [-0.2, 0) is 10.0 Å². The summed E-state index contributed by atoms with van der Waals surface area (Å²) in [6, 6.07) is 9.96. The van der Waals surface area contributed by atoms with Crippen LogP contribution >= 0.6 is 0 Å². The Bertz CT molecular complexity index is 460. The minimum Gasteiger partial charge on any atom is -0.317 e. The normalized spacial score (nSPS) is 13.3. The summed E-state index contributed by atoms with van der Waals surface area (Å²) in [6.07, 6.45) is 1.59. The van der Waals surface area contributed by atoms with Crippen molar-refractivity contribution in [3.63, 3.8) is 0 Å². The van der Waals surface area contributed by atoms with Crippen LogP contribution < -0.4 is 10.0 Å². The van der Waals surface area contributed by atoms with Crippen LogP contribution in [0.1, 0.15) is 38.2 Å². The number of rotatable bonds is 10. The highest BCUT2D eigenvalue weighted by molar-refractivity contribution is 7.89. The minimum absolute atomic E-state index is 0.188. The van der Waals surface area contributed by atoms with Crippen molar-refractivity contribution in [1.82, 2.24) is 10.0 Å². The van der Waals surface area contributed by atoms with E-state index >= 15 is 0 Å². The molecule has 0 saturated carbocycles. The molecule has 0 radical (unpaired) electrons. The van der Waals surface area contributed by atoms with Gasteiger partial charge in [0.2, 0.25) is 10.0 Å². The molecule has 20 heavy (non-hydrogen) atoms. The first-order chi connectivity index (χ1) is 9.55. The molecule has 5 heteroatoms. The van der Waals surface area contributed by atoms with E-state index in [1.54, 1.807) is 0 Å². The molecule has 2 N–H and O–H groups in total. The predicted molar refractivity (Wildman–Crippen MR) is 84.4 cm³/mol. The maximum Gasteiger partial charge on any atom is 0.211 e. The third-order valence-corrected chi connectivity index (χ3v) is 4.68. The van der Waals surface area contributed by atoms with E-state index < -0.39 is 10.0 Å². The number of unbranched alkanes of at least 4 members (excludes halogenated alkanes) is 1. The molecule has 0 bridgehead atoms. The van der Waals surface area contributed by atoms with Crippen molar-refractivity contribution in [2.75, 3.05) is 25.4 Å². The van der Waals surface area contributed by atoms with Crippen molar-refractivity contribution < 1.29 is 8.42 Å². The van der Waals surface area contributed by atoms with Gasteiger partial charge in [-0.1, -0.05) is 44.2 Å². The highest BCUT2D eigenvalue weighted by atomic mass is 32.2. The second-order valence-electron chi connectivity index (χ2n) is 5.04. The molecule has 1 unspecified atom stereocenters. The second kappa shape index (κ2) is 9.10. The summed E-state index contributed by atoms with van der Waals surface area (Å²) in [6.45, 7) is 6.35. The summed E-state index contributed by atoms with van der Waals surface area (Å²) in [5.41, 5.74) is 1.15. The SMILES string of the molecule is CCNCCCCS(=O)(=O)NCC(C)c1ccccc1. The van der Waals surface area contributed by atoms with Crippen molar-refractivity contribution in [3.05, 3.63) is 35.9 Å². The lowest BCUT2D eigenvalue weighted by Gasteiger charge is -2.13. The van der Waals surface area contributed by atoms with Crippen molar-refractivity contribution in [2.24, 2.45) is 0 Å². The summed E-state index contributed by atoms with van der Waals surface area (Å²) in [7, 11) is -3.15. The molecular formula is C15H26N2O2S. The average molecular weight is 298 g/mol. The maximum absolute atomic E-state index is 11.9. The van der Waals surface area contributed by atoms with Gasteiger partial charge in [-0.05, 0) is 37.4 Å². The second-order valence-corrected chi connectivity index (χ2v) is 6.97. The first-order valence-electron chi connectivity index (χ1n) is 7.28. The fourth-order valence-corrected chi connectivity index (χ4v) is 3.17. The molecule has 0 aliphatic carbocycles. The zero-order chi connectivity index (χ0) is 14.8. The van der Waals surface area contributed by atoms with Crippen LogP contribution in [0.2, 0.25) is 0 Å². The van der Waals surface area contributed by atoms with Gasteiger partial charge in [-0.25, -0.2) is 13.1 Å². The van der Waals surface area contributed by atoms with Crippen molar-refractivity contribution in [3.8, 4) is 0 Å². The molecule has 0 aliphatic rings. The number of nitrogens with one attached hydrogen (secondary N) is 2. The Morgan fingerprint density at radius 1 is 1.15 bits per heavy atom. The molecular weight excluding hydrogens is 272 g/mol. The van der Waals surface area contributed by atoms with E-state index in [4.69, 9.17) is 0 Å². The molecule has 0 aromatic heterocycles. The van der Waals surface area contributed by atoms with E-state index in [2.05, 4.69) is 10.0 Å². The molecule has 0 fully saturated rings. The molecule has 0 saturated heterocycles. The molecule has 4 nitrogen and oxygen atoms in total. The van der Waals surface area contributed by atoms with Gasteiger partial charge in [-0.15, -0.1) is 0 Å². The van der Waals surface area contributed by atoms with Crippen LogP contribution in [0.25, 0.3) is 0 Å². The number of hydrogen-bond donors (Lipinski definition) is 2. The monoisotopic (exact) mass is 298 g/mol. The summed E-state index contributed by atoms with van der Waals surface area (Å²) in [5.74, 6) is 0.396. The third-order valence-electron chi connectivity index (χ3n) is 3.24. The van der Waals surface area contributed by atoms with E-state index in [0.717, 1.165) is 25.1 Å². The Balaban J connectivity index is 2.29. The number of benzene rings is 1. The molecule has 0 heterocycles. The highest BCUT2D eigenvalue weighted by Gasteiger charge is 2.12. The number of sulfonamides is 1. The first-order valence-corrected chi connectivity index (χ1v) is 8.93. The average Bonchev–Trinajstić information content (AvgIpc) is 2.45. The van der Waals surface area contributed by atoms with Crippen LogP contribution in [0.4, 0.5) is 0 Å². The molecule has 0 aliphatic heterocycles.